The van der Waals surface area contributed by atoms with Gasteiger partial charge >= 0.3 is 0 Å². The van der Waals surface area contributed by atoms with E-state index in [2.05, 4.69) is 10.3 Å². The van der Waals surface area contributed by atoms with Gasteiger partial charge in [-0.2, -0.15) is 0 Å². The molecular formula is C16H19N3O2. The second-order valence-electron chi connectivity index (χ2n) is 4.65. The number of aromatic nitrogens is 1. The quantitative estimate of drug-likeness (QED) is 0.850. The van der Waals surface area contributed by atoms with Crippen LogP contribution in [0.3, 0.4) is 0 Å². The van der Waals surface area contributed by atoms with Gasteiger partial charge in [0.25, 0.3) is 0 Å². The van der Waals surface area contributed by atoms with Gasteiger partial charge in [0.05, 0.1) is 12.1 Å². The number of hydrogen-bond donors (Lipinski definition) is 2. The van der Waals surface area contributed by atoms with E-state index in [9.17, 15) is 4.79 Å². The topological polar surface area (TPSA) is 77.2 Å². The normalized spacial score (nSPS) is 10.2. The van der Waals surface area contributed by atoms with Crippen LogP contribution in [0.4, 0.5) is 5.69 Å². The van der Waals surface area contributed by atoms with E-state index in [1.165, 1.54) is 0 Å². The number of nitrogens with one attached hydrogen (secondary N) is 1. The SMILES string of the molecule is Cc1cccnc1CC(=O)Nc1ccc(OCCN)cc1. The molecule has 5 heteroatoms. The molecule has 3 N–H and O–H groups in total. The highest BCUT2D eigenvalue weighted by molar-refractivity contribution is 5.92. The highest BCUT2D eigenvalue weighted by Crippen LogP contribution is 2.16. The van der Waals surface area contributed by atoms with E-state index in [0.29, 0.717) is 13.2 Å². The minimum atomic E-state index is -0.0903. The molecule has 0 spiro atoms. The Morgan fingerprint density at radius 2 is 2.05 bits per heavy atom. The van der Waals surface area contributed by atoms with Crippen molar-refractivity contribution < 1.29 is 9.53 Å². The highest BCUT2D eigenvalue weighted by Gasteiger charge is 2.07. The lowest BCUT2D eigenvalue weighted by Gasteiger charge is -2.08. The molecule has 5 nitrogen and oxygen atoms in total. The standard InChI is InChI=1S/C16H19N3O2/c1-12-3-2-9-18-15(12)11-16(20)19-13-4-6-14(7-5-13)21-10-8-17/h2-7,9H,8,10-11,17H2,1H3,(H,19,20). The fourth-order valence-corrected chi connectivity index (χ4v) is 1.87. The first-order valence-corrected chi connectivity index (χ1v) is 6.82. The van der Waals surface area contributed by atoms with Crippen LogP contribution in [0.1, 0.15) is 11.3 Å². The maximum absolute atomic E-state index is 12.0. The summed E-state index contributed by atoms with van der Waals surface area (Å²) in [6.07, 6.45) is 1.96. The number of carbonyl (C=O) groups excluding carboxylic acids is 1. The molecule has 0 aliphatic heterocycles. The first-order chi connectivity index (χ1) is 10.2. The molecule has 1 aromatic heterocycles. The molecule has 2 aromatic rings. The molecule has 110 valence electrons. The van der Waals surface area contributed by atoms with Crippen molar-refractivity contribution in [2.24, 2.45) is 5.73 Å². The van der Waals surface area contributed by atoms with Gasteiger partial charge < -0.3 is 15.8 Å². The fourth-order valence-electron chi connectivity index (χ4n) is 1.87. The van der Waals surface area contributed by atoms with Crippen LogP contribution >= 0.6 is 0 Å². The maximum Gasteiger partial charge on any atom is 0.230 e. The average Bonchev–Trinajstić information content (AvgIpc) is 2.49. The summed E-state index contributed by atoms with van der Waals surface area (Å²) in [5.41, 5.74) is 7.90. The smallest absolute Gasteiger partial charge is 0.230 e. The molecule has 21 heavy (non-hydrogen) atoms. The zero-order chi connectivity index (χ0) is 15.1. The molecule has 0 aliphatic carbocycles. The monoisotopic (exact) mass is 285 g/mol. The summed E-state index contributed by atoms with van der Waals surface area (Å²) in [5.74, 6) is 0.645. The van der Waals surface area contributed by atoms with E-state index in [4.69, 9.17) is 10.5 Å². The molecule has 1 amide bonds. The van der Waals surface area contributed by atoms with Crippen LogP contribution in [0.5, 0.6) is 5.75 Å². The van der Waals surface area contributed by atoms with Crippen LogP contribution < -0.4 is 15.8 Å². The average molecular weight is 285 g/mol. The zero-order valence-electron chi connectivity index (χ0n) is 12.0. The minimum Gasteiger partial charge on any atom is -0.492 e. The predicted molar refractivity (Wildman–Crippen MR) is 82.3 cm³/mol. The van der Waals surface area contributed by atoms with Crippen LogP contribution in [0.15, 0.2) is 42.6 Å². The third-order valence-electron chi connectivity index (χ3n) is 2.97. The molecule has 0 unspecified atom stereocenters. The third kappa shape index (κ3) is 4.57. The van der Waals surface area contributed by atoms with Gasteiger partial charge in [-0.3, -0.25) is 9.78 Å². The Kier molecular flexibility index (Phi) is 5.29. The van der Waals surface area contributed by atoms with Gasteiger partial charge in [0, 0.05) is 18.4 Å². The lowest BCUT2D eigenvalue weighted by atomic mass is 10.1. The Morgan fingerprint density at radius 1 is 1.29 bits per heavy atom. The van der Waals surface area contributed by atoms with Gasteiger partial charge in [-0.1, -0.05) is 6.07 Å². The van der Waals surface area contributed by atoms with Crippen molar-refractivity contribution in [2.45, 2.75) is 13.3 Å². The van der Waals surface area contributed by atoms with E-state index >= 15 is 0 Å². The van der Waals surface area contributed by atoms with Crippen molar-refractivity contribution in [3.8, 4) is 5.75 Å². The van der Waals surface area contributed by atoms with Crippen LogP contribution in [0.25, 0.3) is 0 Å². The molecule has 0 saturated heterocycles. The van der Waals surface area contributed by atoms with Gasteiger partial charge in [0.15, 0.2) is 0 Å². The summed E-state index contributed by atoms with van der Waals surface area (Å²) in [6.45, 7) is 2.89. The van der Waals surface area contributed by atoms with Gasteiger partial charge in [0.2, 0.25) is 5.91 Å². The molecule has 0 radical (unpaired) electrons. The Labute approximate surface area is 124 Å². The molecule has 2 rings (SSSR count). The fraction of sp³-hybridized carbons (Fsp3) is 0.250. The lowest BCUT2D eigenvalue weighted by Crippen LogP contribution is -2.16. The number of hydrogen-bond acceptors (Lipinski definition) is 4. The largest absolute Gasteiger partial charge is 0.492 e. The lowest BCUT2D eigenvalue weighted by molar-refractivity contribution is -0.115. The van der Waals surface area contributed by atoms with Crippen molar-refractivity contribution in [2.75, 3.05) is 18.5 Å². The zero-order valence-corrected chi connectivity index (χ0v) is 12.0. The molecular weight excluding hydrogens is 266 g/mol. The Morgan fingerprint density at radius 3 is 2.71 bits per heavy atom. The van der Waals surface area contributed by atoms with Crippen LogP contribution in [-0.4, -0.2) is 24.0 Å². The van der Waals surface area contributed by atoms with Crippen molar-refractivity contribution in [1.82, 2.24) is 4.98 Å². The van der Waals surface area contributed by atoms with Gasteiger partial charge in [-0.25, -0.2) is 0 Å². The van der Waals surface area contributed by atoms with Crippen molar-refractivity contribution in [1.29, 1.82) is 0 Å². The van der Waals surface area contributed by atoms with E-state index in [1.807, 2.05) is 19.1 Å². The van der Waals surface area contributed by atoms with Crippen molar-refractivity contribution in [3.63, 3.8) is 0 Å². The number of carbonyl (C=O) groups is 1. The minimum absolute atomic E-state index is 0.0903. The van der Waals surface area contributed by atoms with Gasteiger partial charge in [-0.15, -0.1) is 0 Å². The molecule has 0 fully saturated rings. The van der Waals surface area contributed by atoms with Gasteiger partial charge in [0.1, 0.15) is 12.4 Å². The second-order valence-corrected chi connectivity index (χ2v) is 4.65. The second kappa shape index (κ2) is 7.40. The van der Waals surface area contributed by atoms with E-state index in [0.717, 1.165) is 22.7 Å². The van der Waals surface area contributed by atoms with Crippen LogP contribution in [0, 0.1) is 6.92 Å². The third-order valence-corrected chi connectivity index (χ3v) is 2.97. The van der Waals surface area contributed by atoms with E-state index < -0.39 is 0 Å². The number of ether oxygens (including phenoxy) is 1. The molecule has 0 saturated carbocycles. The number of anilines is 1. The molecule has 1 heterocycles. The van der Waals surface area contributed by atoms with Crippen LogP contribution in [-0.2, 0) is 11.2 Å². The molecule has 0 aliphatic rings. The van der Waals surface area contributed by atoms with Gasteiger partial charge in [-0.05, 0) is 42.8 Å². The molecule has 0 atom stereocenters. The summed E-state index contributed by atoms with van der Waals surface area (Å²) in [7, 11) is 0. The van der Waals surface area contributed by atoms with Crippen molar-refractivity contribution >= 4 is 11.6 Å². The number of nitrogens with two attached hydrogens (primary N) is 1. The van der Waals surface area contributed by atoms with E-state index in [-0.39, 0.29) is 12.3 Å². The number of aryl methyl sites for hydroxylation is 1. The summed E-state index contributed by atoms with van der Waals surface area (Å²) in [6, 6.07) is 11.0. The first-order valence-electron chi connectivity index (χ1n) is 6.82. The summed E-state index contributed by atoms with van der Waals surface area (Å²) in [4.78, 5) is 16.2. The number of nitrogens with zero attached hydrogens (tertiary/aromatic N) is 1. The summed E-state index contributed by atoms with van der Waals surface area (Å²) in [5, 5.41) is 2.84. The Balaban J connectivity index is 1.92. The first kappa shape index (κ1) is 15.0. The Hall–Kier alpha value is -2.40. The summed E-state index contributed by atoms with van der Waals surface area (Å²) >= 11 is 0. The van der Waals surface area contributed by atoms with E-state index in [1.54, 1.807) is 30.5 Å². The van der Waals surface area contributed by atoms with Crippen molar-refractivity contribution in [3.05, 3.63) is 53.9 Å². The maximum atomic E-state index is 12.0. The number of pyridine rings is 1. The number of benzene rings is 1. The van der Waals surface area contributed by atoms with Crippen LogP contribution in [0.2, 0.25) is 0 Å². The molecule has 0 bridgehead atoms. The summed E-state index contributed by atoms with van der Waals surface area (Å²) < 4.78 is 5.38. The molecule has 1 aromatic carbocycles. The number of amides is 1. The Bertz CT molecular complexity index is 597. The predicted octanol–water partition coefficient (Wildman–Crippen LogP) is 1.91. The number of rotatable bonds is 6. The highest BCUT2D eigenvalue weighted by atomic mass is 16.5.